The Hall–Kier alpha value is -4.48. The van der Waals surface area contributed by atoms with E-state index in [1.807, 2.05) is 0 Å². The van der Waals surface area contributed by atoms with Crippen LogP contribution in [-0.4, -0.2) is 63.6 Å². The summed E-state index contributed by atoms with van der Waals surface area (Å²) in [5.41, 5.74) is 0.981. The van der Waals surface area contributed by atoms with Gasteiger partial charge in [0.05, 0.1) is 30.9 Å². The van der Waals surface area contributed by atoms with Crippen molar-refractivity contribution in [1.82, 2.24) is 25.5 Å². The zero-order valence-electron chi connectivity index (χ0n) is 17.9. The van der Waals surface area contributed by atoms with Crippen LogP contribution in [0.2, 0.25) is 0 Å². The molecular formula is C21H21N5O7. The first kappa shape index (κ1) is 24.8. The third-order valence-electron chi connectivity index (χ3n) is 3.62. The number of Topliss-reactive ketones (excluding diaryl/α,β-unsaturated/α-hetero) is 1. The van der Waals surface area contributed by atoms with Gasteiger partial charge >= 0.3 is 17.8 Å². The Labute approximate surface area is 188 Å². The van der Waals surface area contributed by atoms with Crippen molar-refractivity contribution >= 4 is 23.6 Å². The Morgan fingerprint density at radius 3 is 2.24 bits per heavy atom. The van der Waals surface area contributed by atoms with Crippen LogP contribution < -0.4 is 5.32 Å². The molecule has 3 rings (SSSR count). The zero-order valence-corrected chi connectivity index (χ0v) is 17.9. The van der Waals surface area contributed by atoms with E-state index < -0.39 is 23.6 Å². The van der Waals surface area contributed by atoms with E-state index in [1.54, 1.807) is 50.5 Å². The highest BCUT2D eigenvalue weighted by Crippen LogP contribution is 2.16. The van der Waals surface area contributed by atoms with Crippen LogP contribution >= 0.6 is 0 Å². The van der Waals surface area contributed by atoms with Crippen LogP contribution in [0.1, 0.15) is 34.9 Å². The fourth-order valence-electron chi connectivity index (χ4n) is 2.15. The molecule has 172 valence electrons. The molecule has 12 nitrogen and oxygen atoms in total. The van der Waals surface area contributed by atoms with Gasteiger partial charge in [0, 0.05) is 24.8 Å². The van der Waals surface area contributed by atoms with Crippen LogP contribution in [-0.2, 0) is 19.1 Å². The topological polar surface area (TPSA) is 163 Å². The van der Waals surface area contributed by atoms with E-state index in [9.17, 15) is 19.2 Å². The van der Waals surface area contributed by atoms with Gasteiger partial charge in [-0.25, -0.2) is 9.59 Å². The third-order valence-corrected chi connectivity index (χ3v) is 3.62. The molecule has 0 aliphatic carbocycles. The van der Waals surface area contributed by atoms with Gasteiger partial charge in [0.25, 0.3) is 11.7 Å². The van der Waals surface area contributed by atoms with Gasteiger partial charge in [0.1, 0.15) is 0 Å². The Morgan fingerprint density at radius 2 is 1.64 bits per heavy atom. The predicted octanol–water partition coefficient (Wildman–Crippen LogP) is 1.25. The number of amides is 1. The number of carbonyl (C=O) groups is 4. The van der Waals surface area contributed by atoms with Crippen LogP contribution in [0.5, 0.6) is 0 Å². The van der Waals surface area contributed by atoms with Crippen molar-refractivity contribution in [2.75, 3.05) is 19.8 Å². The molecule has 0 bridgehead atoms. The smallest absolute Gasteiger partial charge is 0.396 e. The van der Waals surface area contributed by atoms with Crippen molar-refractivity contribution in [2.45, 2.75) is 13.8 Å². The maximum atomic E-state index is 11.5. The van der Waals surface area contributed by atoms with Gasteiger partial charge < -0.3 is 19.2 Å². The molecule has 1 amide bonds. The highest BCUT2D eigenvalue weighted by molar-refractivity contribution is 6.34. The number of nitrogens with zero attached hydrogens (tertiary/aromatic N) is 4. The van der Waals surface area contributed by atoms with E-state index in [0.29, 0.717) is 11.1 Å². The molecule has 0 aromatic carbocycles. The summed E-state index contributed by atoms with van der Waals surface area (Å²) < 4.78 is 14.4. The summed E-state index contributed by atoms with van der Waals surface area (Å²) in [6.45, 7) is 3.31. The highest BCUT2D eigenvalue weighted by Gasteiger charge is 2.17. The number of ether oxygens (including phenoxy) is 2. The van der Waals surface area contributed by atoms with Crippen LogP contribution in [0.25, 0.3) is 11.5 Å². The average Bonchev–Trinajstić information content (AvgIpc) is 3.35. The summed E-state index contributed by atoms with van der Waals surface area (Å²) in [5, 5.41) is 9.63. The van der Waals surface area contributed by atoms with Crippen molar-refractivity contribution in [2.24, 2.45) is 0 Å². The molecule has 3 aromatic heterocycles. The second-order valence-corrected chi connectivity index (χ2v) is 5.94. The molecule has 33 heavy (non-hydrogen) atoms. The van der Waals surface area contributed by atoms with Gasteiger partial charge in [-0.3, -0.25) is 19.6 Å². The number of pyridine rings is 2. The van der Waals surface area contributed by atoms with Crippen molar-refractivity contribution in [3.63, 3.8) is 0 Å². The molecule has 1 N–H and O–H groups in total. The van der Waals surface area contributed by atoms with Crippen LogP contribution in [0.3, 0.4) is 0 Å². The largest absolute Gasteiger partial charge is 0.460 e. The SMILES string of the molecule is CCOC(=O)C(=O)CNC(=O)c1cccnc1.CCOC(=O)c1nnc(-c2cccnc2)o1. The van der Waals surface area contributed by atoms with E-state index in [-0.39, 0.29) is 31.5 Å². The second-order valence-electron chi connectivity index (χ2n) is 5.94. The number of carbonyl (C=O) groups excluding carboxylic acids is 4. The molecule has 0 saturated heterocycles. The monoisotopic (exact) mass is 455 g/mol. The van der Waals surface area contributed by atoms with Gasteiger partial charge in [-0.2, -0.15) is 0 Å². The lowest BCUT2D eigenvalue weighted by Crippen LogP contribution is -2.34. The zero-order chi connectivity index (χ0) is 24.1. The number of rotatable bonds is 8. The summed E-state index contributed by atoms with van der Waals surface area (Å²) in [7, 11) is 0. The first-order chi connectivity index (χ1) is 16.0. The van der Waals surface area contributed by atoms with E-state index in [2.05, 4.69) is 30.2 Å². The van der Waals surface area contributed by atoms with Gasteiger partial charge in [0.2, 0.25) is 5.89 Å². The van der Waals surface area contributed by atoms with Gasteiger partial charge in [0.15, 0.2) is 0 Å². The minimum absolute atomic E-state index is 0.126. The van der Waals surface area contributed by atoms with Gasteiger partial charge in [-0.1, -0.05) is 0 Å². The first-order valence-corrected chi connectivity index (χ1v) is 9.75. The summed E-state index contributed by atoms with van der Waals surface area (Å²) in [6.07, 6.45) is 6.10. The fraction of sp³-hybridized carbons (Fsp3) is 0.238. The third kappa shape index (κ3) is 7.94. The molecule has 0 fully saturated rings. The van der Waals surface area contributed by atoms with E-state index >= 15 is 0 Å². The van der Waals surface area contributed by atoms with Gasteiger partial charge in [-0.15, -0.1) is 10.2 Å². The summed E-state index contributed by atoms with van der Waals surface area (Å²) in [5.74, 6) is -2.72. The van der Waals surface area contributed by atoms with E-state index in [4.69, 9.17) is 9.15 Å². The maximum absolute atomic E-state index is 11.5. The Balaban J connectivity index is 0.000000234. The average molecular weight is 455 g/mol. The van der Waals surface area contributed by atoms with Crippen LogP contribution in [0.4, 0.5) is 0 Å². The molecule has 0 saturated carbocycles. The summed E-state index contributed by atoms with van der Waals surface area (Å²) in [4.78, 5) is 52.5. The number of esters is 2. The molecule has 0 aliphatic heterocycles. The standard InChI is InChI=1S/C11H12N2O4.C10H9N3O3/c1-2-17-11(16)9(14)7-13-10(15)8-4-3-5-12-6-8;1-2-15-10(14)9-13-12-8(16-9)7-4-3-5-11-6-7/h3-6H,2,7H2,1H3,(H,13,15);3-6H,2H2,1H3. The van der Waals surface area contributed by atoms with Crippen molar-refractivity contribution in [3.05, 3.63) is 60.5 Å². The lowest BCUT2D eigenvalue weighted by molar-refractivity contribution is -0.153. The lowest BCUT2D eigenvalue weighted by Gasteiger charge is -2.03. The second kappa shape index (κ2) is 13.0. The van der Waals surface area contributed by atoms with E-state index in [0.717, 1.165) is 0 Å². The Bertz CT molecular complexity index is 1070. The first-order valence-electron chi connectivity index (χ1n) is 9.75. The fourth-order valence-corrected chi connectivity index (χ4v) is 2.15. The lowest BCUT2D eigenvalue weighted by atomic mass is 10.2. The normalized spacial score (nSPS) is 9.76. The number of aromatic nitrogens is 4. The molecule has 0 unspecified atom stereocenters. The molecule has 3 heterocycles. The van der Waals surface area contributed by atoms with Crippen LogP contribution in [0.15, 0.2) is 53.5 Å². The van der Waals surface area contributed by atoms with E-state index in [1.165, 1.54) is 12.4 Å². The summed E-state index contributed by atoms with van der Waals surface area (Å²) in [6, 6.07) is 6.65. The van der Waals surface area contributed by atoms with Crippen molar-refractivity contribution in [3.8, 4) is 11.5 Å². The quantitative estimate of drug-likeness (QED) is 0.384. The minimum atomic E-state index is -0.945. The molecule has 3 aromatic rings. The molecule has 0 atom stereocenters. The molecular weight excluding hydrogens is 434 g/mol. The van der Waals surface area contributed by atoms with Gasteiger partial charge in [-0.05, 0) is 38.1 Å². The van der Waals surface area contributed by atoms with Crippen LogP contribution in [0, 0.1) is 0 Å². The number of hydrogen-bond acceptors (Lipinski definition) is 11. The molecule has 0 spiro atoms. The van der Waals surface area contributed by atoms with Crippen molar-refractivity contribution in [1.29, 1.82) is 0 Å². The minimum Gasteiger partial charge on any atom is -0.460 e. The predicted molar refractivity (Wildman–Crippen MR) is 112 cm³/mol. The molecule has 0 radical (unpaired) electrons. The number of ketones is 1. The molecule has 0 aliphatic rings. The number of hydrogen-bond donors (Lipinski definition) is 1. The Kier molecular flexibility index (Phi) is 9.80. The maximum Gasteiger partial charge on any atom is 0.396 e. The summed E-state index contributed by atoms with van der Waals surface area (Å²) >= 11 is 0. The molecule has 12 heteroatoms. The highest BCUT2D eigenvalue weighted by atomic mass is 16.5. The van der Waals surface area contributed by atoms with Crippen molar-refractivity contribution < 1.29 is 33.1 Å². The Morgan fingerprint density at radius 1 is 0.939 bits per heavy atom. The number of nitrogens with one attached hydrogen (secondary N) is 1.